The van der Waals surface area contributed by atoms with E-state index in [4.69, 9.17) is 9.47 Å². The molecule has 3 heterocycles. The number of hydrogen-bond donors (Lipinski definition) is 1. The number of amides is 2. The van der Waals surface area contributed by atoms with Gasteiger partial charge in [-0.2, -0.15) is 0 Å². The van der Waals surface area contributed by atoms with E-state index in [1.54, 1.807) is 11.0 Å². The minimum atomic E-state index is -1.12. The molecule has 2 unspecified atom stereocenters. The number of aliphatic hydroxyl groups is 1. The van der Waals surface area contributed by atoms with Crippen molar-refractivity contribution in [2.75, 3.05) is 26.3 Å². The zero-order valence-corrected chi connectivity index (χ0v) is 18.9. The van der Waals surface area contributed by atoms with Crippen LogP contribution in [-0.2, 0) is 23.9 Å². The first-order valence-corrected chi connectivity index (χ1v) is 10.8. The van der Waals surface area contributed by atoms with Gasteiger partial charge in [-0.25, -0.2) is 0 Å². The molecule has 3 saturated heterocycles. The Bertz CT molecular complexity index is 789. The number of fused-ring (bicyclic) bond motifs is 1. The molecule has 172 valence electrons. The fraction of sp³-hybridized carbons (Fsp3) is 0.696. The summed E-state index contributed by atoms with van der Waals surface area (Å²) in [5.74, 6) is -2.76. The number of esters is 1. The molecule has 0 aromatic rings. The van der Waals surface area contributed by atoms with Crippen LogP contribution >= 0.6 is 0 Å². The van der Waals surface area contributed by atoms with E-state index in [2.05, 4.69) is 13.2 Å². The monoisotopic (exact) mass is 434 g/mol. The minimum absolute atomic E-state index is 0.00589. The van der Waals surface area contributed by atoms with E-state index in [0.29, 0.717) is 19.4 Å². The van der Waals surface area contributed by atoms with Crippen LogP contribution in [0.15, 0.2) is 25.3 Å². The van der Waals surface area contributed by atoms with Crippen molar-refractivity contribution in [1.29, 1.82) is 0 Å². The van der Waals surface area contributed by atoms with Gasteiger partial charge in [0.2, 0.25) is 11.8 Å². The lowest BCUT2D eigenvalue weighted by molar-refractivity contribution is -0.160. The van der Waals surface area contributed by atoms with Gasteiger partial charge in [0.1, 0.15) is 24.2 Å². The van der Waals surface area contributed by atoms with Crippen LogP contribution < -0.4 is 0 Å². The zero-order chi connectivity index (χ0) is 23.2. The number of hydrogen-bond acceptors (Lipinski definition) is 6. The van der Waals surface area contributed by atoms with Gasteiger partial charge in [0.25, 0.3) is 0 Å². The molecule has 3 aliphatic rings. The predicted octanol–water partition coefficient (Wildman–Crippen LogP) is 1.29. The lowest BCUT2D eigenvalue weighted by Crippen LogP contribution is -2.60. The Labute approximate surface area is 183 Å². The Kier molecular flexibility index (Phi) is 6.10. The Balaban J connectivity index is 2.07. The van der Waals surface area contributed by atoms with Crippen LogP contribution in [0.2, 0.25) is 0 Å². The number of rotatable bonds is 8. The van der Waals surface area contributed by atoms with E-state index in [1.807, 2.05) is 27.7 Å². The first-order chi connectivity index (χ1) is 14.5. The maximum Gasteiger partial charge on any atom is 0.313 e. The Morgan fingerprint density at radius 2 is 2.00 bits per heavy atom. The van der Waals surface area contributed by atoms with E-state index in [-0.39, 0.29) is 31.6 Å². The maximum absolute atomic E-state index is 13.9. The van der Waals surface area contributed by atoms with Crippen LogP contribution in [0, 0.1) is 11.8 Å². The number of ether oxygens (including phenoxy) is 2. The summed E-state index contributed by atoms with van der Waals surface area (Å²) in [6.45, 7) is 14.9. The molecule has 8 nitrogen and oxygen atoms in total. The van der Waals surface area contributed by atoms with Gasteiger partial charge in [0, 0.05) is 18.6 Å². The van der Waals surface area contributed by atoms with Crippen LogP contribution in [0.4, 0.5) is 0 Å². The van der Waals surface area contributed by atoms with Gasteiger partial charge in [-0.1, -0.05) is 18.7 Å². The molecule has 1 spiro atoms. The maximum atomic E-state index is 13.9. The van der Waals surface area contributed by atoms with Gasteiger partial charge in [0.05, 0.1) is 18.1 Å². The molecule has 1 N–H and O–H groups in total. The highest BCUT2D eigenvalue weighted by Crippen LogP contribution is 2.63. The molecule has 3 aliphatic heterocycles. The highest BCUT2D eigenvalue weighted by molar-refractivity contribution is 5.98. The van der Waals surface area contributed by atoms with E-state index in [9.17, 15) is 19.5 Å². The Hall–Kier alpha value is -2.19. The summed E-state index contributed by atoms with van der Waals surface area (Å²) >= 11 is 0. The number of carbonyl (C=O) groups is 3. The lowest BCUT2D eigenvalue weighted by atomic mass is 9.66. The number of nitrogens with zero attached hydrogens (tertiary/aromatic N) is 2. The van der Waals surface area contributed by atoms with E-state index in [0.717, 1.165) is 0 Å². The molecule has 0 aromatic carbocycles. The third kappa shape index (κ3) is 3.49. The highest BCUT2D eigenvalue weighted by Gasteiger charge is 2.78. The molecule has 31 heavy (non-hydrogen) atoms. The lowest BCUT2D eigenvalue weighted by Gasteiger charge is -2.41. The summed E-state index contributed by atoms with van der Waals surface area (Å²) < 4.78 is 11.8. The average Bonchev–Trinajstić information content (AvgIpc) is 3.24. The van der Waals surface area contributed by atoms with Crippen molar-refractivity contribution in [3.05, 3.63) is 25.3 Å². The number of aliphatic hydroxyl groups excluding tert-OH is 1. The van der Waals surface area contributed by atoms with E-state index < -0.39 is 40.6 Å². The third-order valence-electron chi connectivity index (χ3n) is 6.84. The summed E-state index contributed by atoms with van der Waals surface area (Å²) in [4.78, 5) is 43.4. The second-order valence-corrected chi connectivity index (χ2v) is 9.81. The Morgan fingerprint density at radius 1 is 1.32 bits per heavy atom. The van der Waals surface area contributed by atoms with Gasteiger partial charge < -0.3 is 24.4 Å². The van der Waals surface area contributed by atoms with Crippen molar-refractivity contribution in [2.45, 2.75) is 63.3 Å². The molecule has 3 fully saturated rings. The van der Waals surface area contributed by atoms with Gasteiger partial charge in [-0.05, 0) is 40.5 Å². The van der Waals surface area contributed by atoms with Crippen molar-refractivity contribution < 1.29 is 29.0 Å². The van der Waals surface area contributed by atoms with Crippen molar-refractivity contribution >= 4 is 17.8 Å². The fourth-order valence-corrected chi connectivity index (χ4v) is 5.61. The first kappa shape index (κ1) is 23.5. The molecule has 2 amide bonds. The summed E-state index contributed by atoms with van der Waals surface area (Å²) in [5, 5.41) is 9.64. The standard InChI is InChI=1S/C23H34N2O6/c1-7-11-25(21(3,4)5)19(28)17-23-10-9-22(6,31-23)16(20(29)30-14-8-2)15(23)18(27)24(17)12-13-26/h7-8,15-17,26H,1-2,9-14H2,3-6H3/t15-,16+,17?,22-,23?/m0/s1. The SMILES string of the molecule is C=CCOC(=O)[C@H]1[C@H]2C(=O)N(CCO)C(C(=O)N(CC=C)C(C)(C)C)C23CC[C@]1(C)O3. The van der Waals surface area contributed by atoms with E-state index in [1.165, 1.54) is 11.0 Å². The first-order valence-electron chi connectivity index (χ1n) is 10.8. The normalized spacial score (nSPS) is 33.9. The largest absolute Gasteiger partial charge is 0.461 e. The van der Waals surface area contributed by atoms with Crippen molar-refractivity contribution in [2.24, 2.45) is 11.8 Å². The molecule has 0 aromatic heterocycles. The summed E-state index contributed by atoms with van der Waals surface area (Å²) in [7, 11) is 0. The smallest absolute Gasteiger partial charge is 0.313 e. The predicted molar refractivity (Wildman–Crippen MR) is 114 cm³/mol. The molecular weight excluding hydrogens is 400 g/mol. The van der Waals surface area contributed by atoms with E-state index >= 15 is 0 Å². The zero-order valence-electron chi connectivity index (χ0n) is 18.9. The molecule has 3 rings (SSSR count). The average molecular weight is 435 g/mol. The van der Waals surface area contributed by atoms with Gasteiger partial charge in [0.15, 0.2) is 0 Å². The van der Waals surface area contributed by atoms with Crippen molar-refractivity contribution in [3.63, 3.8) is 0 Å². The molecule has 2 bridgehead atoms. The van der Waals surface area contributed by atoms with Crippen molar-refractivity contribution in [3.8, 4) is 0 Å². The fourth-order valence-electron chi connectivity index (χ4n) is 5.61. The molecule has 0 radical (unpaired) electrons. The molecule has 5 atom stereocenters. The van der Waals surface area contributed by atoms with Gasteiger partial charge in [-0.3, -0.25) is 14.4 Å². The van der Waals surface area contributed by atoms with Gasteiger partial charge in [-0.15, -0.1) is 6.58 Å². The van der Waals surface area contributed by atoms with Crippen molar-refractivity contribution in [1.82, 2.24) is 9.80 Å². The summed E-state index contributed by atoms with van der Waals surface area (Å²) in [6.07, 6.45) is 4.14. The van der Waals surface area contributed by atoms with Crippen LogP contribution in [-0.4, -0.2) is 81.8 Å². The molecule has 8 heteroatoms. The highest BCUT2D eigenvalue weighted by atomic mass is 16.6. The number of β-amino-alcohol motifs (C(OH)–C–C–N with tert-alkyl or cyclic N) is 1. The second kappa shape index (κ2) is 8.06. The van der Waals surface area contributed by atoms with Gasteiger partial charge >= 0.3 is 5.97 Å². The summed E-state index contributed by atoms with van der Waals surface area (Å²) in [5.41, 5.74) is -2.52. The number of carbonyl (C=O) groups excluding carboxylic acids is 3. The quantitative estimate of drug-likeness (QED) is 0.457. The Morgan fingerprint density at radius 3 is 2.55 bits per heavy atom. The summed E-state index contributed by atoms with van der Waals surface area (Å²) in [6, 6.07) is -0.921. The third-order valence-corrected chi connectivity index (χ3v) is 6.84. The van der Waals surface area contributed by atoms with Crippen LogP contribution in [0.25, 0.3) is 0 Å². The molecular formula is C23H34N2O6. The van der Waals surface area contributed by atoms with Crippen LogP contribution in [0.3, 0.4) is 0 Å². The molecule has 0 saturated carbocycles. The minimum Gasteiger partial charge on any atom is -0.461 e. The number of likely N-dealkylation sites (tertiary alicyclic amines) is 1. The second-order valence-electron chi connectivity index (χ2n) is 9.81. The topological polar surface area (TPSA) is 96.4 Å². The van der Waals surface area contributed by atoms with Crippen LogP contribution in [0.1, 0.15) is 40.5 Å². The molecule has 0 aliphatic carbocycles. The van der Waals surface area contributed by atoms with Crippen LogP contribution in [0.5, 0.6) is 0 Å².